The average Bonchev–Trinajstić information content (AvgIpc) is 2.61. The van der Waals surface area contributed by atoms with Crippen molar-refractivity contribution in [2.75, 3.05) is 18.5 Å². The Morgan fingerprint density at radius 1 is 1.09 bits per heavy atom. The number of benzene rings is 1. The van der Waals surface area contributed by atoms with Crippen LogP contribution in [0.3, 0.4) is 0 Å². The Bertz CT molecular complexity index is 779. The van der Waals surface area contributed by atoms with E-state index in [2.05, 4.69) is 20.2 Å². The summed E-state index contributed by atoms with van der Waals surface area (Å²) in [7, 11) is 1.88. The van der Waals surface area contributed by atoms with Gasteiger partial charge in [-0.2, -0.15) is 5.10 Å². The first kappa shape index (κ1) is 15.0. The molecule has 0 radical (unpaired) electrons. The fourth-order valence-corrected chi connectivity index (χ4v) is 2.18. The summed E-state index contributed by atoms with van der Waals surface area (Å²) < 4.78 is 13.9. The van der Waals surface area contributed by atoms with E-state index in [-0.39, 0.29) is 5.82 Å². The van der Waals surface area contributed by atoms with Crippen LogP contribution in [0.2, 0.25) is 0 Å². The van der Waals surface area contributed by atoms with Gasteiger partial charge in [0.25, 0.3) is 0 Å². The zero-order valence-corrected chi connectivity index (χ0v) is 12.7. The summed E-state index contributed by atoms with van der Waals surface area (Å²) in [6, 6.07) is 12.3. The lowest BCUT2D eigenvalue weighted by Crippen LogP contribution is -2.23. The molecule has 6 heteroatoms. The number of hydrogen-bond acceptors (Lipinski definition) is 5. The number of aromatic nitrogens is 4. The molecule has 5 nitrogen and oxygen atoms in total. The van der Waals surface area contributed by atoms with Gasteiger partial charge in [0.2, 0.25) is 5.95 Å². The Morgan fingerprint density at radius 2 is 1.91 bits per heavy atom. The summed E-state index contributed by atoms with van der Waals surface area (Å²) in [5.41, 5.74) is 1.89. The molecule has 2 heterocycles. The molecule has 3 aromatic rings. The second-order valence-corrected chi connectivity index (χ2v) is 5.11. The van der Waals surface area contributed by atoms with E-state index in [1.165, 1.54) is 12.3 Å². The van der Waals surface area contributed by atoms with Crippen molar-refractivity contribution in [3.05, 3.63) is 66.4 Å². The minimum atomic E-state index is -0.324. The topological polar surface area (TPSA) is 54.8 Å². The highest BCUT2D eigenvalue weighted by Crippen LogP contribution is 2.20. The van der Waals surface area contributed by atoms with Crippen LogP contribution in [-0.2, 0) is 6.42 Å². The SMILES string of the molecule is CN(CCc1ccccn1)c1nncc(-c2ccccc2F)n1. The number of halogens is 1. The first-order valence-electron chi connectivity index (χ1n) is 7.30. The maximum absolute atomic E-state index is 13.9. The molecule has 0 aliphatic carbocycles. The highest BCUT2D eigenvalue weighted by Gasteiger charge is 2.10. The predicted octanol–water partition coefficient (Wildman–Crippen LogP) is 2.75. The normalized spacial score (nSPS) is 10.5. The molecule has 0 saturated heterocycles. The second-order valence-electron chi connectivity index (χ2n) is 5.11. The summed E-state index contributed by atoms with van der Waals surface area (Å²) in [5, 5.41) is 7.97. The summed E-state index contributed by atoms with van der Waals surface area (Å²) in [4.78, 5) is 10.6. The number of rotatable bonds is 5. The monoisotopic (exact) mass is 309 g/mol. The van der Waals surface area contributed by atoms with Crippen LogP contribution in [0.4, 0.5) is 10.3 Å². The van der Waals surface area contributed by atoms with Crippen LogP contribution in [0.15, 0.2) is 54.9 Å². The highest BCUT2D eigenvalue weighted by atomic mass is 19.1. The van der Waals surface area contributed by atoms with Gasteiger partial charge in [-0.3, -0.25) is 4.98 Å². The third-order valence-corrected chi connectivity index (χ3v) is 3.47. The van der Waals surface area contributed by atoms with Gasteiger partial charge in [0, 0.05) is 37.5 Å². The van der Waals surface area contributed by atoms with Crippen LogP contribution in [0, 0.1) is 5.82 Å². The minimum Gasteiger partial charge on any atom is -0.342 e. The maximum Gasteiger partial charge on any atom is 0.245 e. The number of nitrogens with zero attached hydrogens (tertiary/aromatic N) is 5. The van der Waals surface area contributed by atoms with E-state index in [0.29, 0.717) is 23.8 Å². The van der Waals surface area contributed by atoms with Crippen molar-refractivity contribution < 1.29 is 4.39 Å². The van der Waals surface area contributed by atoms with Crippen LogP contribution in [0.5, 0.6) is 0 Å². The molecule has 0 bridgehead atoms. The van der Waals surface area contributed by atoms with E-state index in [9.17, 15) is 4.39 Å². The van der Waals surface area contributed by atoms with Gasteiger partial charge in [0.05, 0.1) is 11.9 Å². The molecule has 23 heavy (non-hydrogen) atoms. The molecule has 0 N–H and O–H groups in total. The van der Waals surface area contributed by atoms with Gasteiger partial charge in [0.1, 0.15) is 5.82 Å². The predicted molar refractivity (Wildman–Crippen MR) is 86.4 cm³/mol. The van der Waals surface area contributed by atoms with E-state index in [0.717, 1.165) is 12.1 Å². The van der Waals surface area contributed by atoms with Crippen molar-refractivity contribution in [2.24, 2.45) is 0 Å². The second kappa shape index (κ2) is 6.91. The molecule has 0 fully saturated rings. The van der Waals surface area contributed by atoms with Gasteiger partial charge < -0.3 is 4.90 Å². The molecular weight excluding hydrogens is 293 g/mol. The number of pyridine rings is 1. The Kier molecular flexibility index (Phi) is 4.52. The summed E-state index contributed by atoms with van der Waals surface area (Å²) in [5.74, 6) is 0.136. The van der Waals surface area contributed by atoms with Crippen molar-refractivity contribution in [3.63, 3.8) is 0 Å². The number of likely N-dealkylation sites (N-methyl/N-ethyl adjacent to an activating group) is 1. The third kappa shape index (κ3) is 3.66. The van der Waals surface area contributed by atoms with Crippen molar-refractivity contribution in [1.82, 2.24) is 20.2 Å². The fraction of sp³-hybridized carbons (Fsp3) is 0.176. The van der Waals surface area contributed by atoms with Crippen LogP contribution in [-0.4, -0.2) is 33.8 Å². The Hall–Kier alpha value is -2.89. The molecule has 0 saturated carbocycles. The Labute approximate surface area is 133 Å². The molecule has 0 atom stereocenters. The zero-order chi connectivity index (χ0) is 16.1. The smallest absolute Gasteiger partial charge is 0.245 e. The molecule has 1 aromatic carbocycles. The Balaban J connectivity index is 1.75. The van der Waals surface area contributed by atoms with Crippen molar-refractivity contribution in [1.29, 1.82) is 0 Å². The van der Waals surface area contributed by atoms with Crippen LogP contribution in [0.1, 0.15) is 5.69 Å². The average molecular weight is 309 g/mol. The zero-order valence-electron chi connectivity index (χ0n) is 12.7. The quantitative estimate of drug-likeness (QED) is 0.725. The molecule has 0 aliphatic rings. The van der Waals surface area contributed by atoms with Gasteiger partial charge in [0.15, 0.2) is 0 Å². The molecule has 0 aliphatic heterocycles. The van der Waals surface area contributed by atoms with Crippen molar-refractivity contribution in [2.45, 2.75) is 6.42 Å². The maximum atomic E-state index is 13.9. The summed E-state index contributed by atoms with van der Waals surface area (Å²) in [6.07, 6.45) is 4.01. The first-order valence-corrected chi connectivity index (χ1v) is 7.30. The van der Waals surface area contributed by atoms with E-state index in [1.54, 1.807) is 24.4 Å². The molecule has 0 amide bonds. The summed E-state index contributed by atoms with van der Waals surface area (Å²) >= 11 is 0. The summed E-state index contributed by atoms with van der Waals surface area (Å²) in [6.45, 7) is 0.694. The van der Waals surface area contributed by atoms with Gasteiger partial charge in [-0.15, -0.1) is 5.10 Å². The van der Waals surface area contributed by atoms with Crippen molar-refractivity contribution >= 4 is 5.95 Å². The molecule has 2 aromatic heterocycles. The van der Waals surface area contributed by atoms with E-state index < -0.39 is 0 Å². The standard InChI is InChI=1S/C17H16FN5/c1-23(11-9-13-6-4-5-10-19-13)17-21-16(12-20-22-17)14-7-2-3-8-15(14)18/h2-8,10,12H,9,11H2,1H3. The molecule has 3 rings (SSSR count). The van der Waals surface area contributed by atoms with E-state index in [4.69, 9.17) is 0 Å². The van der Waals surface area contributed by atoms with E-state index in [1.807, 2.05) is 30.1 Å². The molecule has 0 spiro atoms. The van der Waals surface area contributed by atoms with Crippen LogP contribution in [0.25, 0.3) is 11.3 Å². The van der Waals surface area contributed by atoms with Gasteiger partial charge >= 0.3 is 0 Å². The number of hydrogen-bond donors (Lipinski definition) is 0. The fourth-order valence-electron chi connectivity index (χ4n) is 2.18. The van der Waals surface area contributed by atoms with Gasteiger partial charge in [-0.25, -0.2) is 9.37 Å². The minimum absolute atomic E-state index is 0.324. The molecular formula is C17H16FN5. The van der Waals surface area contributed by atoms with Crippen LogP contribution < -0.4 is 4.90 Å². The lowest BCUT2D eigenvalue weighted by Gasteiger charge is -2.16. The lowest BCUT2D eigenvalue weighted by atomic mass is 10.1. The van der Waals surface area contributed by atoms with Gasteiger partial charge in [-0.05, 0) is 24.3 Å². The first-order chi connectivity index (χ1) is 11.2. The van der Waals surface area contributed by atoms with E-state index >= 15 is 0 Å². The lowest BCUT2D eigenvalue weighted by molar-refractivity contribution is 0.630. The van der Waals surface area contributed by atoms with Crippen LogP contribution >= 0.6 is 0 Å². The Morgan fingerprint density at radius 3 is 2.70 bits per heavy atom. The van der Waals surface area contributed by atoms with Gasteiger partial charge in [-0.1, -0.05) is 18.2 Å². The molecule has 116 valence electrons. The molecule has 0 unspecified atom stereocenters. The largest absolute Gasteiger partial charge is 0.342 e. The third-order valence-electron chi connectivity index (χ3n) is 3.47. The number of anilines is 1. The van der Waals surface area contributed by atoms with Crippen molar-refractivity contribution in [3.8, 4) is 11.3 Å². The highest BCUT2D eigenvalue weighted by molar-refractivity contribution is 5.59.